The van der Waals surface area contributed by atoms with Crippen LogP contribution in [0.25, 0.3) is 0 Å². The number of thiophene rings is 1. The summed E-state index contributed by atoms with van der Waals surface area (Å²) in [6.07, 6.45) is 1.16. The van der Waals surface area contributed by atoms with Gasteiger partial charge in [0.15, 0.2) is 0 Å². The maximum absolute atomic E-state index is 14.0. The zero-order chi connectivity index (χ0) is 15.7. The minimum Gasteiger partial charge on any atom is -0.321 e. The summed E-state index contributed by atoms with van der Waals surface area (Å²) in [5.74, 6) is -0.769. The smallest absolute Gasteiger partial charge is 0.265 e. The summed E-state index contributed by atoms with van der Waals surface area (Å²) in [7, 11) is 0. The summed E-state index contributed by atoms with van der Waals surface area (Å²) in [6.45, 7) is 2.38. The van der Waals surface area contributed by atoms with Crippen LogP contribution in [0.2, 0.25) is 0 Å². The maximum Gasteiger partial charge on any atom is 0.265 e. The number of halogens is 1. The van der Waals surface area contributed by atoms with Gasteiger partial charge in [0.05, 0.1) is 10.6 Å². The number of aryl methyl sites for hydroxylation is 1. The average Bonchev–Trinajstić information content (AvgIpc) is 3.09. The van der Waals surface area contributed by atoms with E-state index in [1.807, 2.05) is 18.4 Å². The van der Waals surface area contributed by atoms with Crippen LogP contribution >= 0.6 is 11.3 Å². The molecule has 1 aliphatic heterocycles. The van der Waals surface area contributed by atoms with Crippen molar-refractivity contribution >= 4 is 34.5 Å². The molecule has 0 bridgehead atoms. The third kappa shape index (κ3) is 2.74. The van der Waals surface area contributed by atoms with Crippen molar-refractivity contribution in [1.29, 1.82) is 0 Å². The Morgan fingerprint density at radius 3 is 2.82 bits per heavy atom. The number of rotatable bonds is 3. The lowest BCUT2D eigenvalue weighted by atomic mass is 10.2. The molecule has 0 atom stereocenters. The Balaban J connectivity index is 1.85. The number of hydrogen-bond acceptors (Lipinski definition) is 3. The normalized spacial score (nSPS) is 14.5. The summed E-state index contributed by atoms with van der Waals surface area (Å²) >= 11 is 1.36. The van der Waals surface area contributed by atoms with E-state index >= 15 is 0 Å². The minimum atomic E-state index is -0.458. The Kier molecular flexibility index (Phi) is 3.94. The molecule has 0 unspecified atom stereocenters. The molecule has 0 spiro atoms. The zero-order valence-electron chi connectivity index (χ0n) is 12.1. The van der Waals surface area contributed by atoms with E-state index in [4.69, 9.17) is 0 Å². The number of anilines is 2. The quantitative estimate of drug-likeness (QED) is 0.940. The predicted molar refractivity (Wildman–Crippen MR) is 85.0 cm³/mol. The van der Waals surface area contributed by atoms with Crippen LogP contribution < -0.4 is 10.2 Å². The maximum atomic E-state index is 14.0. The Morgan fingerprint density at radius 1 is 1.36 bits per heavy atom. The van der Waals surface area contributed by atoms with Crippen molar-refractivity contribution in [2.45, 2.75) is 19.8 Å². The first-order valence-electron chi connectivity index (χ1n) is 7.01. The second kappa shape index (κ2) is 5.88. The van der Waals surface area contributed by atoms with Crippen molar-refractivity contribution in [1.82, 2.24) is 0 Å². The predicted octanol–water partition coefficient (Wildman–Crippen LogP) is 3.57. The molecule has 1 aliphatic rings. The van der Waals surface area contributed by atoms with Crippen molar-refractivity contribution < 1.29 is 14.0 Å². The summed E-state index contributed by atoms with van der Waals surface area (Å²) in [4.78, 5) is 26.0. The van der Waals surface area contributed by atoms with Crippen molar-refractivity contribution in [3.05, 3.63) is 45.9 Å². The van der Waals surface area contributed by atoms with Gasteiger partial charge in [-0.15, -0.1) is 11.3 Å². The highest BCUT2D eigenvalue weighted by atomic mass is 32.1. The summed E-state index contributed by atoms with van der Waals surface area (Å²) in [6, 6.07) is 6.16. The van der Waals surface area contributed by atoms with E-state index in [0.717, 1.165) is 12.0 Å². The molecular weight excluding hydrogens is 303 g/mol. The van der Waals surface area contributed by atoms with Crippen molar-refractivity contribution in [2.24, 2.45) is 0 Å². The van der Waals surface area contributed by atoms with Gasteiger partial charge in [-0.05, 0) is 48.6 Å². The van der Waals surface area contributed by atoms with E-state index in [1.165, 1.54) is 34.4 Å². The second-order valence-corrected chi connectivity index (χ2v) is 6.12. The van der Waals surface area contributed by atoms with Crippen LogP contribution in [-0.2, 0) is 4.79 Å². The van der Waals surface area contributed by atoms with E-state index in [0.29, 0.717) is 23.5 Å². The van der Waals surface area contributed by atoms with Gasteiger partial charge in [0.1, 0.15) is 5.82 Å². The topological polar surface area (TPSA) is 49.4 Å². The number of carbonyl (C=O) groups is 2. The molecule has 2 aromatic rings. The van der Waals surface area contributed by atoms with Gasteiger partial charge < -0.3 is 10.2 Å². The van der Waals surface area contributed by atoms with Crippen LogP contribution in [0.5, 0.6) is 0 Å². The van der Waals surface area contributed by atoms with Gasteiger partial charge in [-0.3, -0.25) is 9.59 Å². The first-order valence-corrected chi connectivity index (χ1v) is 7.89. The van der Waals surface area contributed by atoms with Crippen LogP contribution in [-0.4, -0.2) is 18.4 Å². The van der Waals surface area contributed by atoms with Gasteiger partial charge in [0, 0.05) is 18.7 Å². The monoisotopic (exact) mass is 318 g/mol. The number of hydrogen-bond donors (Lipinski definition) is 1. The van der Waals surface area contributed by atoms with Gasteiger partial charge >= 0.3 is 0 Å². The van der Waals surface area contributed by atoms with Crippen molar-refractivity contribution in [3.8, 4) is 0 Å². The molecule has 2 amide bonds. The van der Waals surface area contributed by atoms with E-state index < -0.39 is 5.82 Å². The lowest BCUT2D eigenvalue weighted by molar-refractivity contribution is -0.117. The molecule has 0 aliphatic carbocycles. The van der Waals surface area contributed by atoms with Crippen LogP contribution in [0.4, 0.5) is 15.8 Å². The molecule has 6 heteroatoms. The van der Waals surface area contributed by atoms with Crippen molar-refractivity contribution in [2.75, 3.05) is 16.8 Å². The molecule has 0 saturated carbocycles. The number of nitrogens with zero attached hydrogens (tertiary/aromatic N) is 1. The van der Waals surface area contributed by atoms with E-state index in [1.54, 1.807) is 0 Å². The zero-order valence-corrected chi connectivity index (χ0v) is 12.9. The Bertz CT molecular complexity index is 741. The highest BCUT2D eigenvalue weighted by molar-refractivity contribution is 7.12. The second-order valence-electron chi connectivity index (χ2n) is 5.20. The van der Waals surface area contributed by atoms with Gasteiger partial charge in [-0.2, -0.15) is 0 Å². The summed E-state index contributed by atoms with van der Waals surface area (Å²) < 4.78 is 14.0. The fourth-order valence-electron chi connectivity index (χ4n) is 2.49. The molecule has 22 heavy (non-hydrogen) atoms. The largest absolute Gasteiger partial charge is 0.321 e. The Labute approximate surface area is 131 Å². The molecule has 1 saturated heterocycles. The molecule has 3 rings (SSSR count). The molecule has 1 aromatic heterocycles. The van der Waals surface area contributed by atoms with Gasteiger partial charge in [-0.1, -0.05) is 0 Å². The average molecular weight is 318 g/mol. The first kappa shape index (κ1) is 14.7. The lowest BCUT2D eigenvalue weighted by Crippen LogP contribution is -2.25. The Hall–Kier alpha value is -2.21. The minimum absolute atomic E-state index is 0.0866. The molecule has 1 fully saturated rings. The Morgan fingerprint density at radius 2 is 2.18 bits per heavy atom. The van der Waals surface area contributed by atoms with Crippen molar-refractivity contribution in [3.63, 3.8) is 0 Å². The van der Waals surface area contributed by atoms with E-state index in [9.17, 15) is 14.0 Å². The molecular formula is C16H15FN2O2S. The molecule has 0 radical (unpaired) electrons. The van der Waals surface area contributed by atoms with Crippen LogP contribution in [0.3, 0.4) is 0 Å². The van der Waals surface area contributed by atoms with Crippen LogP contribution in [0, 0.1) is 12.7 Å². The highest BCUT2D eigenvalue weighted by Gasteiger charge is 2.24. The third-order valence-corrected chi connectivity index (χ3v) is 4.65. The molecule has 2 heterocycles. The SMILES string of the molecule is Cc1ccsc1C(=O)Nc1ccc(F)c(N2CCCC2=O)c1. The number of benzene rings is 1. The number of nitrogens with one attached hydrogen (secondary N) is 1. The molecule has 1 aromatic carbocycles. The van der Waals surface area contributed by atoms with Gasteiger partial charge in [0.25, 0.3) is 5.91 Å². The molecule has 114 valence electrons. The lowest BCUT2D eigenvalue weighted by Gasteiger charge is -2.17. The molecule has 4 nitrogen and oxygen atoms in total. The first-order chi connectivity index (χ1) is 10.6. The number of carbonyl (C=O) groups excluding carboxylic acids is 2. The third-order valence-electron chi connectivity index (χ3n) is 3.64. The van der Waals surface area contributed by atoms with E-state index in [-0.39, 0.29) is 17.5 Å². The number of amides is 2. The van der Waals surface area contributed by atoms with E-state index in [2.05, 4.69) is 5.32 Å². The molecule has 1 N–H and O–H groups in total. The highest BCUT2D eigenvalue weighted by Crippen LogP contribution is 2.28. The fraction of sp³-hybridized carbons (Fsp3) is 0.250. The summed E-state index contributed by atoms with van der Waals surface area (Å²) in [5.41, 5.74) is 1.61. The van der Waals surface area contributed by atoms with Gasteiger partial charge in [0.2, 0.25) is 5.91 Å². The van der Waals surface area contributed by atoms with Gasteiger partial charge in [-0.25, -0.2) is 4.39 Å². The standard InChI is InChI=1S/C16H15FN2O2S/c1-10-6-8-22-15(10)16(21)18-11-4-5-12(17)13(9-11)19-7-2-3-14(19)20/h4-6,8-9H,2-3,7H2,1H3,(H,18,21). The van der Waals surface area contributed by atoms with Crippen LogP contribution in [0.1, 0.15) is 28.1 Å². The van der Waals surface area contributed by atoms with Crippen LogP contribution in [0.15, 0.2) is 29.6 Å². The summed E-state index contributed by atoms with van der Waals surface area (Å²) in [5, 5.41) is 4.61. The fourth-order valence-corrected chi connectivity index (χ4v) is 3.31.